The van der Waals surface area contributed by atoms with Crippen LogP contribution in [0.5, 0.6) is 0 Å². The first kappa shape index (κ1) is 28.6. The molecule has 11 nitrogen and oxygen atoms in total. The van der Waals surface area contributed by atoms with Gasteiger partial charge in [-0.25, -0.2) is 4.79 Å². The van der Waals surface area contributed by atoms with Gasteiger partial charge in [0.25, 0.3) is 0 Å². The molecule has 0 aliphatic rings. The minimum absolute atomic E-state index is 0. The Kier molecular flexibility index (Phi) is 17.9. The molecule has 0 fully saturated rings. The molecule has 10 N–H and O–H groups in total. The van der Waals surface area contributed by atoms with Crippen LogP contribution in [0.15, 0.2) is 30.3 Å². The van der Waals surface area contributed by atoms with Crippen LogP contribution < -0.4 is 46.8 Å². The van der Waals surface area contributed by atoms with Gasteiger partial charge in [0.2, 0.25) is 0 Å². The van der Waals surface area contributed by atoms with Crippen molar-refractivity contribution in [1.82, 2.24) is 0 Å². The summed E-state index contributed by atoms with van der Waals surface area (Å²) in [7, 11) is 0. The number of carboxylic acid groups (broad SMARTS) is 4. The van der Waals surface area contributed by atoms with Crippen molar-refractivity contribution in [2.24, 2.45) is 17.2 Å². The van der Waals surface area contributed by atoms with Gasteiger partial charge in [0, 0.05) is 0 Å². The normalized spacial score (nSPS) is 11.0. The van der Waals surface area contributed by atoms with Gasteiger partial charge < -0.3 is 39.1 Å². The number of primary amides is 1. The van der Waals surface area contributed by atoms with Crippen molar-refractivity contribution < 1.29 is 70.6 Å². The Morgan fingerprint density at radius 2 is 1.27 bits per heavy atom. The topological polar surface area (TPSA) is 227 Å². The number of aliphatic carboxylic acids is 3. The summed E-state index contributed by atoms with van der Waals surface area (Å²) in [6, 6.07) is 7.25. The van der Waals surface area contributed by atoms with Gasteiger partial charge in [0.1, 0.15) is 12.1 Å². The van der Waals surface area contributed by atoms with Crippen molar-refractivity contribution in [3.63, 3.8) is 0 Å². The Bertz CT molecular complexity index is 573. The summed E-state index contributed by atoms with van der Waals surface area (Å²) in [5, 5.41) is 31.7. The van der Waals surface area contributed by atoms with E-state index in [4.69, 9.17) is 36.7 Å². The number of amides is 1. The Labute approximate surface area is 172 Å². The fraction of sp³-hybridized carbons (Fsp3) is 0.286. The standard InChI is InChI=1S/C9H11NO2.C4H7NO4.CH3NO2.Na.H/c10-8(9(11)12)6-7-4-2-1-3-5-7;5-2(4(8)9)1-3(6)7;2-1(3)4;;/h1-5,8H,6,10H2,(H,11,12);2H,1,5H2,(H,6,7)(H,8,9);2H2,(H,3,4);;/q;;;+1;-1/t8-;2-;;;/m00.../s1. The molecule has 0 heterocycles. The predicted octanol–water partition coefficient (Wildman–Crippen LogP) is -3.75. The minimum Gasteiger partial charge on any atom is -1.00 e. The fourth-order valence-corrected chi connectivity index (χ4v) is 1.23. The average Bonchev–Trinajstić information content (AvgIpc) is 2.47. The maximum atomic E-state index is 10.4. The van der Waals surface area contributed by atoms with Gasteiger partial charge in [-0.2, -0.15) is 0 Å². The Hall–Kier alpha value is -2.18. The molecule has 12 heteroatoms. The number of carboxylic acids is 3. The van der Waals surface area contributed by atoms with E-state index in [0.29, 0.717) is 6.42 Å². The molecule has 0 aromatic heterocycles. The summed E-state index contributed by atoms with van der Waals surface area (Å²) in [5.74, 6) is -3.46. The zero-order chi connectivity index (χ0) is 20.0. The summed E-state index contributed by atoms with van der Waals surface area (Å²) in [6.45, 7) is 0. The van der Waals surface area contributed by atoms with Crippen LogP contribution in [-0.4, -0.2) is 56.5 Å². The average molecular weight is 383 g/mol. The van der Waals surface area contributed by atoms with Crippen molar-refractivity contribution in [3.05, 3.63) is 35.9 Å². The van der Waals surface area contributed by atoms with Crippen molar-refractivity contribution in [2.75, 3.05) is 0 Å². The van der Waals surface area contributed by atoms with Gasteiger partial charge in [0.15, 0.2) is 0 Å². The van der Waals surface area contributed by atoms with Crippen molar-refractivity contribution in [1.29, 1.82) is 0 Å². The maximum Gasteiger partial charge on any atom is 1.00 e. The van der Waals surface area contributed by atoms with Crippen molar-refractivity contribution in [2.45, 2.75) is 24.9 Å². The number of carbonyl (C=O) groups is 4. The maximum absolute atomic E-state index is 10.4. The summed E-state index contributed by atoms with van der Waals surface area (Å²) >= 11 is 0. The molecular weight excluding hydrogens is 361 g/mol. The van der Waals surface area contributed by atoms with E-state index in [9.17, 15) is 14.4 Å². The van der Waals surface area contributed by atoms with E-state index in [1.165, 1.54) is 0 Å². The van der Waals surface area contributed by atoms with Crippen molar-refractivity contribution in [3.8, 4) is 0 Å². The summed E-state index contributed by atoms with van der Waals surface area (Å²) in [5.41, 5.74) is 15.2. The molecule has 1 amide bonds. The van der Waals surface area contributed by atoms with Crippen LogP contribution in [0.25, 0.3) is 0 Å². The number of benzene rings is 1. The number of hydrogen-bond donors (Lipinski definition) is 7. The van der Waals surface area contributed by atoms with E-state index in [2.05, 4.69) is 5.73 Å². The van der Waals surface area contributed by atoms with Gasteiger partial charge in [-0.15, -0.1) is 0 Å². The van der Waals surface area contributed by atoms with Gasteiger partial charge in [-0.05, 0) is 12.0 Å². The Balaban J connectivity index is -0.000000158. The van der Waals surface area contributed by atoms with E-state index in [1.807, 2.05) is 30.3 Å². The molecule has 0 unspecified atom stereocenters. The second kappa shape index (κ2) is 16.3. The summed E-state index contributed by atoms with van der Waals surface area (Å²) < 4.78 is 0. The molecule has 142 valence electrons. The Morgan fingerprint density at radius 1 is 0.885 bits per heavy atom. The fourth-order valence-electron chi connectivity index (χ4n) is 1.23. The molecule has 26 heavy (non-hydrogen) atoms. The molecule has 0 aliphatic carbocycles. The molecular formula is C14H22N3NaO8. The van der Waals surface area contributed by atoms with Crippen molar-refractivity contribution >= 4 is 24.0 Å². The third-order valence-electron chi connectivity index (χ3n) is 2.33. The molecule has 2 atom stereocenters. The first-order chi connectivity index (χ1) is 11.5. The molecule has 0 spiro atoms. The molecule has 0 saturated carbocycles. The smallest absolute Gasteiger partial charge is 1.00 e. The first-order valence-corrected chi connectivity index (χ1v) is 6.68. The molecule has 0 radical (unpaired) electrons. The van der Waals surface area contributed by atoms with E-state index in [-0.39, 0.29) is 31.0 Å². The van der Waals surface area contributed by atoms with E-state index in [1.54, 1.807) is 0 Å². The Morgan fingerprint density at radius 3 is 1.54 bits per heavy atom. The summed E-state index contributed by atoms with van der Waals surface area (Å²) in [4.78, 5) is 38.8. The predicted molar refractivity (Wildman–Crippen MR) is 86.9 cm³/mol. The van der Waals surface area contributed by atoms with Crippen LogP contribution in [0.1, 0.15) is 13.4 Å². The molecule has 1 rings (SSSR count). The second-order valence-corrected chi connectivity index (χ2v) is 4.52. The SMILES string of the molecule is NC(=O)O.N[C@@H](CC(=O)O)C(=O)O.N[C@@H](Cc1ccccc1)C(=O)O.[H-].[Na+]. The van der Waals surface area contributed by atoms with E-state index in [0.717, 1.165) is 5.56 Å². The quantitative estimate of drug-likeness (QED) is 0.237. The van der Waals surface area contributed by atoms with Crippen LogP contribution in [0.2, 0.25) is 0 Å². The van der Waals surface area contributed by atoms with Crippen LogP contribution >= 0.6 is 0 Å². The minimum atomic E-state index is -1.33. The van der Waals surface area contributed by atoms with Gasteiger partial charge in [-0.3, -0.25) is 14.4 Å². The summed E-state index contributed by atoms with van der Waals surface area (Å²) in [6.07, 6.45) is -1.48. The monoisotopic (exact) mass is 383 g/mol. The third kappa shape index (κ3) is 19.9. The number of nitrogens with two attached hydrogens (primary N) is 3. The van der Waals surface area contributed by atoms with Crippen LogP contribution in [-0.2, 0) is 20.8 Å². The molecule has 0 saturated heterocycles. The third-order valence-corrected chi connectivity index (χ3v) is 2.33. The zero-order valence-electron chi connectivity index (χ0n) is 15.1. The molecule has 1 aromatic rings. The van der Waals surface area contributed by atoms with E-state index < -0.39 is 42.5 Å². The van der Waals surface area contributed by atoms with E-state index >= 15 is 0 Å². The van der Waals surface area contributed by atoms with Gasteiger partial charge in [0.05, 0.1) is 6.42 Å². The number of rotatable bonds is 6. The first-order valence-electron chi connectivity index (χ1n) is 6.68. The van der Waals surface area contributed by atoms with Gasteiger partial charge in [-0.1, -0.05) is 30.3 Å². The zero-order valence-corrected chi connectivity index (χ0v) is 16.1. The largest absolute Gasteiger partial charge is 1.00 e. The second-order valence-electron chi connectivity index (χ2n) is 4.52. The van der Waals surface area contributed by atoms with Crippen LogP contribution in [0.4, 0.5) is 4.79 Å². The molecule has 1 aromatic carbocycles. The van der Waals surface area contributed by atoms with Crippen LogP contribution in [0.3, 0.4) is 0 Å². The van der Waals surface area contributed by atoms with Gasteiger partial charge >= 0.3 is 53.6 Å². The van der Waals surface area contributed by atoms with Crippen LogP contribution in [0, 0.1) is 0 Å². The molecule has 0 aliphatic heterocycles. The number of hydrogen-bond acceptors (Lipinski definition) is 6. The molecule has 0 bridgehead atoms.